The molecule has 6 amide bonds. The van der Waals surface area contributed by atoms with Crippen molar-refractivity contribution < 1.29 is 47.8 Å². The van der Waals surface area contributed by atoms with Gasteiger partial charge in [-0.2, -0.15) is 0 Å². The predicted molar refractivity (Wildman–Crippen MR) is 288 cm³/mol. The zero-order valence-corrected chi connectivity index (χ0v) is 45.1. The van der Waals surface area contributed by atoms with Crippen LogP contribution < -0.4 is 10.6 Å². The second kappa shape index (κ2) is 37.4. The van der Waals surface area contributed by atoms with Crippen LogP contribution in [0.3, 0.4) is 0 Å². The summed E-state index contributed by atoms with van der Waals surface area (Å²) >= 11 is 0. The van der Waals surface area contributed by atoms with Crippen LogP contribution in [0, 0.1) is 0 Å². The van der Waals surface area contributed by atoms with Gasteiger partial charge < -0.3 is 39.7 Å². The van der Waals surface area contributed by atoms with E-state index in [4.69, 9.17) is 9.47 Å². The summed E-state index contributed by atoms with van der Waals surface area (Å²) < 4.78 is 10.8. The molecule has 1 atom stereocenters. The number of carbonyl (C=O) groups is 8. The summed E-state index contributed by atoms with van der Waals surface area (Å²) in [6, 6.07) is 15.1. The van der Waals surface area contributed by atoms with Crippen molar-refractivity contribution >= 4 is 65.6 Å². The molecule has 2 rings (SSSR count). The molecule has 2 N–H and O–H groups in total. The minimum atomic E-state index is -0.322. The minimum absolute atomic E-state index is 0.102. The number of nitrogens with zero attached hydrogens (tertiary/aromatic N) is 4. The number of ether oxygens (including phenoxy) is 2. The Morgan fingerprint density at radius 1 is 0.493 bits per heavy atom. The van der Waals surface area contributed by atoms with E-state index in [0.717, 1.165) is 93.7 Å². The first-order valence-corrected chi connectivity index (χ1v) is 26.4. The van der Waals surface area contributed by atoms with Gasteiger partial charge in [0.05, 0.1) is 12.7 Å². The van der Waals surface area contributed by atoms with Crippen molar-refractivity contribution in [3.63, 3.8) is 0 Å². The van der Waals surface area contributed by atoms with E-state index in [1.54, 1.807) is 37.8 Å². The quantitative estimate of drug-likeness (QED) is 0.0290. The SMILES string of the molecule is CCCCCCC(CCCCCCCCCCC(=O)OC)OC(=O)c1ccc(/C=C/c2ccc(/C=C/C(=O)N(CCN(CCNC(C)=O)C(C)=O)CCN(CCN(CCNC(C)=O)C(C)=O)C(C)=O)cc2)cc1. The fourth-order valence-electron chi connectivity index (χ4n) is 8.07. The van der Waals surface area contributed by atoms with Gasteiger partial charge in [-0.3, -0.25) is 33.6 Å². The molecule has 0 heterocycles. The number of esters is 2. The lowest BCUT2D eigenvalue weighted by Gasteiger charge is -2.30. The molecule has 0 radical (unpaired) electrons. The van der Waals surface area contributed by atoms with Crippen LogP contribution >= 0.6 is 0 Å². The van der Waals surface area contributed by atoms with Crippen LogP contribution in [0.4, 0.5) is 0 Å². The van der Waals surface area contributed by atoms with Crippen LogP contribution in [0.5, 0.6) is 0 Å². The van der Waals surface area contributed by atoms with Gasteiger partial charge in [-0.25, -0.2) is 4.79 Å². The molecular formula is C57H86N6O10. The molecular weight excluding hydrogens is 929 g/mol. The largest absolute Gasteiger partial charge is 0.469 e. The van der Waals surface area contributed by atoms with Crippen molar-refractivity contribution in [1.82, 2.24) is 30.2 Å². The Bertz CT molecular complexity index is 2050. The molecule has 2 aromatic rings. The highest BCUT2D eigenvalue weighted by Crippen LogP contribution is 2.20. The molecule has 1 unspecified atom stereocenters. The van der Waals surface area contributed by atoms with Gasteiger partial charge in [-0.15, -0.1) is 0 Å². The highest BCUT2D eigenvalue weighted by Gasteiger charge is 2.20. The van der Waals surface area contributed by atoms with Crippen molar-refractivity contribution in [3.8, 4) is 0 Å². The highest BCUT2D eigenvalue weighted by atomic mass is 16.5. The number of amides is 6. The molecule has 0 saturated carbocycles. The third-order valence-electron chi connectivity index (χ3n) is 12.6. The van der Waals surface area contributed by atoms with Crippen LogP contribution in [0.15, 0.2) is 54.6 Å². The summed E-state index contributed by atoms with van der Waals surface area (Å²) in [4.78, 5) is 105. The van der Waals surface area contributed by atoms with Gasteiger partial charge in [-0.05, 0) is 67.0 Å². The molecule has 404 valence electrons. The lowest BCUT2D eigenvalue weighted by Crippen LogP contribution is -2.47. The van der Waals surface area contributed by atoms with Crippen LogP contribution in [0.2, 0.25) is 0 Å². The number of methoxy groups -OCH3 is 1. The first-order chi connectivity index (χ1) is 35.0. The van der Waals surface area contributed by atoms with Crippen molar-refractivity contribution in [2.24, 2.45) is 0 Å². The van der Waals surface area contributed by atoms with Gasteiger partial charge in [0.1, 0.15) is 6.10 Å². The third kappa shape index (κ3) is 29.1. The Morgan fingerprint density at radius 3 is 1.30 bits per heavy atom. The fraction of sp³-hybridized carbons (Fsp3) is 0.579. The first kappa shape index (κ1) is 62.8. The summed E-state index contributed by atoms with van der Waals surface area (Å²) in [5, 5.41) is 5.37. The molecule has 0 aliphatic rings. The molecule has 2 aromatic carbocycles. The van der Waals surface area contributed by atoms with Crippen molar-refractivity contribution in [2.45, 2.75) is 144 Å². The van der Waals surface area contributed by atoms with Crippen LogP contribution in [-0.2, 0) is 43.0 Å². The Morgan fingerprint density at radius 2 is 0.877 bits per heavy atom. The summed E-state index contributed by atoms with van der Waals surface area (Å²) in [5.74, 6) is -1.82. The molecule has 0 spiro atoms. The van der Waals surface area contributed by atoms with Crippen LogP contribution in [0.1, 0.15) is 165 Å². The maximum absolute atomic E-state index is 13.8. The monoisotopic (exact) mass is 1010 g/mol. The van der Waals surface area contributed by atoms with Crippen molar-refractivity contribution in [1.29, 1.82) is 0 Å². The third-order valence-corrected chi connectivity index (χ3v) is 12.6. The maximum Gasteiger partial charge on any atom is 0.338 e. The molecule has 0 aromatic heterocycles. The van der Waals surface area contributed by atoms with Gasteiger partial charge >= 0.3 is 11.9 Å². The topological polar surface area (TPSA) is 192 Å². The molecule has 0 fully saturated rings. The number of carbonyl (C=O) groups excluding carboxylic acids is 8. The van der Waals surface area contributed by atoms with E-state index in [0.29, 0.717) is 12.0 Å². The highest BCUT2D eigenvalue weighted by molar-refractivity contribution is 5.92. The average molecular weight is 1020 g/mol. The standard InChI is InChI=1S/C57H86N6O10/c1-8-9-10-17-20-54(21-18-15-13-11-12-14-16-19-22-56(70)72-7)73-57(71)53-32-29-52(30-33-53)28-25-50-23-26-51(27-24-50)31-34-55(69)63(43-41-61(48(5)67)38-36-59-46(3)65)44-42-62(49(6)68)40-39-60(47(4)66)37-35-58-45(2)64/h23-34,54H,8-22,35-44H2,1-7H3,(H,58,64)(H,59,65)/b28-25+,34-31+. The molecule has 16 nitrogen and oxygen atoms in total. The normalized spacial score (nSPS) is 11.5. The van der Waals surface area contributed by atoms with Crippen molar-refractivity contribution in [3.05, 3.63) is 76.9 Å². The average Bonchev–Trinajstić information content (AvgIpc) is 3.36. The van der Waals surface area contributed by atoms with E-state index in [-0.39, 0.29) is 119 Å². The number of hydrogen-bond donors (Lipinski definition) is 2. The van der Waals surface area contributed by atoms with E-state index in [2.05, 4.69) is 17.6 Å². The number of benzene rings is 2. The van der Waals surface area contributed by atoms with Crippen LogP contribution in [0.25, 0.3) is 18.2 Å². The van der Waals surface area contributed by atoms with Gasteiger partial charge in [0.25, 0.3) is 0 Å². The zero-order valence-electron chi connectivity index (χ0n) is 45.1. The lowest BCUT2D eigenvalue weighted by molar-refractivity contribution is -0.140. The fourth-order valence-corrected chi connectivity index (χ4v) is 8.07. The molecule has 16 heteroatoms. The number of hydrogen-bond acceptors (Lipinski definition) is 10. The van der Waals surface area contributed by atoms with E-state index in [1.165, 1.54) is 60.6 Å². The van der Waals surface area contributed by atoms with E-state index in [1.807, 2.05) is 48.6 Å². The summed E-state index contributed by atoms with van der Waals surface area (Å²) in [7, 11) is 1.43. The predicted octanol–water partition coefficient (Wildman–Crippen LogP) is 8.09. The zero-order chi connectivity index (χ0) is 53.8. The number of rotatable bonds is 37. The molecule has 73 heavy (non-hydrogen) atoms. The van der Waals surface area contributed by atoms with E-state index < -0.39 is 0 Å². The molecule has 0 aliphatic carbocycles. The molecule has 0 bridgehead atoms. The molecule has 0 saturated heterocycles. The Kier molecular flexibility index (Phi) is 32.2. The minimum Gasteiger partial charge on any atom is -0.469 e. The Balaban J connectivity index is 2.06. The summed E-state index contributed by atoms with van der Waals surface area (Å²) in [6.07, 6.45) is 22.4. The number of unbranched alkanes of at least 4 members (excludes halogenated alkanes) is 10. The summed E-state index contributed by atoms with van der Waals surface area (Å²) in [6.45, 7) is 11.5. The first-order valence-electron chi connectivity index (χ1n) is 26.4. The Labute approximate surface area is 435 Å². The summed E-state index contributed by atoms with van der Waals surface area (Å²) in [5.41, 5.74) is 3.16. The maximum atomic E-state index is 13.8. The van der Waals surface area contributed by atoms with Crippen LogP contribution in [-0.4, -0.2) is 146 Å². The molecule has 0 aliphatic heterocycles. The second-order valence-corrected chi connectivity index (χ2v) is 18.6. The second-order valence-electron chi connectivity index (χ2n) is 18.6. The van der Waals surface area contributed by atoms with Crippen molar-refractivity contribution in [2.75, 3.05) is 72.6 Å². The van der Waals surface area contributed by atoms with E-state index >= 15 is 0 Å². The van der Waals surface area contributed by atoms with Gasteiger partial charge in [0, 0.05) is 113 Å². The smallest absolute Gasteiger partial charge is 0.338 e. The van der Waals surface area contributed by atoms with Gasteiger partial charge in [-0.1, -0.05) is 113 Å². The Hall–Kier alpha value is -6.32. The van der Waals surface area contributed by atoms with Gasteiger partial charge in [0.15, 0.2) is 0 Å². The van der Waals surface area contributed by atoms with Gasteiger partial charge in [0.2, 0.25) is 35.4 Å². The van der Waals surface area contributed by atoms with E-state index in [9.17, 15) is 38.4 Å². The number of nitrogens with one attached hydrogen (secondary N) is 2. The lowest BCUT2D eigenvalue weighted by atomic mass is 10.0.